The Hall–Kier alpha value is -1.69. The molecular weight excluding hydrogens is 312 g/mol. The Morgan fingerprint density at radius 2 is 1.09 bits per heavy atom. The highest BCUT2D eigenvalue weighted by Crippen LogP contribution is 2.21. The average Bonchev–Trinajstić information content (AvgIpc) is 2.63. The zero-order valence-electron chi connectivity index (χ0n) is 12.9. The van der Waals surface area contributed by atoms with Crippen molar-refractivity contribution in [1.82, 2.24) is 0 Å². The maximum absolute atomic E-state index is 9.51. The van der Waals surface area contributed by atoms with Crippen LogP contribution in [0.25, 0.3) is 0 Å². The number of benzene rings is 2. The number of hydrogen-bond acceptors (Lipinski definition) is 5. The van der Waals surface area contributed by atoms with Crippen LogP contribution in [-0.2, 0) is 0 Å². The molecule has 0 aromatic heterocycles. The molecule has 4 nitrogen and oxygen atoms in total. The summed E-state index contributed by atoms with van der Waals surface area (Å²) in [6.45, 7) is 0.735. The molecule has 0 amide bonds. The second-order valence-electron chi connectivity index (χ2n) is 4.99. The molecule has 0 spiro atoms. The van der Waals surface area contributed by atoms with Crippen LogP contribution < -0.4 is 9.47 Å². The Morgan fingerprint density at radius 1 is 0.696 bits per heavy atom. The van der Waals surface area contributed by atoms with Gasteiger partial charge in [-0.05, 0) is 24.3 Å². The van der Waals surface area contributed by atoms with Crippen LogP contribution in [0.2, 0.25) is 0 Å². The molecule has 2 N–H and O–H groups in total. The van der Waals surface area contributed by atoms with Gasteiger partial charge in [0.05, 0.1) is 23.7 Å². The summed E-state index contributed by atoms with van der Waals surface area (Å²) >= 11 is 1.48. The van der Waals surface area contributed by atoms with Crippen LogP contribution in [0, 0.1) is 0 Å². The SMILES string of the molecule is OCC(COc1ccccc1)SC(CO)COc1ccccc1. The van der Waals surface area contributed by atoms with Crippen molar-refractivity contribution >= 4 is 11.8 Å². The predicted molar refractivity (Wildman–Crippen MR) is 93.2 cm³/mol. The molecule has 2 aromatic carbocycles. The molecule has 0 fully saturated rings. The fourth-order valence-electron chi connectivity index (χ4n) is 1.95. The number of thioether (sulfide) groups is 1. The summed E-state index contributed by atoms with van der Waals surface area (Å²) in [4.78, 5) is 0. The van der Waals surface area contributed by atoms with Gasteiger partial charge in [0, 0.05) is 0 Å². The number of ether oxygens (including phenoxy) is 2. The van der Waals surface area contributed by atoms with E-state index in [0.29, 0.717) is 13.2 Å². The van der Waals surface area contributed by atoms with Gasteiger partial charge >= 0.3 is 0 Å². The van der Waals surface area contributed by atoms with E-state index in [1.54, 1.807) is 0 Å². The van der Waals surface area contributed by atoms with Gasteiger partial charge in [-0.25, -0.2) is 0 Å². The van der Waals surface area contributed by atoms with E-state index in [1.807, 2.05) is 60.7 Å². The van der Waals surface area contributed by atoms with Crippen molar-refractivity contribution in [1.29, 1.82) is 0 Å². The first-order chi connectivity index (χ1) is 11.3. The first-order valence-corrected chi connectivity index (χ1v) is 8.49. The molecular formula is C18H22O4S. The van der Waals surface area contributed by atoms with Crippen molar-refractivity contribution < 1.29 is 19.7 Å². The number of para-hydroxylation sites is 2. The maximum atomic E-state index is 9.51. The predicted octanol–water partition coefficient (Wildman–Crippen LogP) is 2.60. The normalized spacial score (nSPS) is 13.3. The molecule has 0 saturated carbocycles. The van der Waals surface area contributed by atoms with Crippen LogP contribution in [0.15, 0.2) is 60.7 Å². The summed E-state index contributed by atoms with van der Waals surface area (Å²) in [5, 5.41) is 18.8. The summed E-state index contributed by atoms with van der Waals surface area (Å²) < 4.78 is 11.3. The molecule has 0 aliphatic carbocycles. The smallest absolute Gasteiger partial charge is 0.119 e. The van der Waals surface area contributed by atoms with Gasteiger partial charge < -0.3 is 19.7 Å². The summed E-state index contributed by atoms with van der Waals surface area (Å²) in [5.41, 5.74) is 0. The molecule has 0 heterocycles. The maximum Gasteiger partial charge on any atom is 0.119 e. The van der Waals surface area contributed by atoms with Gasteiger partial charge in [-0.1, -0.05) is 36.4 Å². The number of hydrogen-bond donors (Lipinski definition) is 2. The Morgan fingerprint density at radius 3 is 1.43 bits per heavy atom. The van der Waals surface area contributed by atoms with Crippen LogP contribution in [-0.4, -0.2) is 47.1 Å². The summed E-state index contributed by atoms with van der Waals surface area (Å²) in [6, 6.07) is 19.0. The first-order valence-electron chi connectivity index (χ1n) is 7.54. The fraction of sp³-hybridized carbons (Fsp3) is 0.333. The van der Waals surface area contributed by atoms with Crippen molar-refractivity contribution in [2.45, 2.75) is 10.5 Å². The van der Waals surface area contributed by atoms with Crippen LogP contribution in [0.1, 0.15) is 0 Å². The summed E-state index contributed by atoms with van der Waals surface area (Å²) in [5.74, 6) is 1.54. The van der Waals surface area contributed by atoms with Crippen molar-refractivity contribution in [3.63, 3.8) is 0 Å². The summed E-state index contributed by atoms with van der Waals surface area (Å²) in [6.07, 6.45) is 0. The highest BCUT2D eigenvalue weighted by atomic mass is 32.2. The van der Waals surface area contributed by atoms with E-state index in [-0.39, 0.29) is 23.7 Å². The monoisotopic (exact) mass is 334 g/mol. The van der Waals surface area contributed by atoms with E-state index in [0.717, 1.165) is 11.5 Å². The minimum Gasteiger partial charge on any atom is -0.492 e. The van der Waals surface area contributed by atoms with Crippen molar-refractivity contribution in [3.05, 3.63) is 60.7 Å². The summed E-state index contributed by atoms with van der Waals surface area (Å²) in [7, 11) is 0. The largest absolute Gasteiger partial charge is 0.492 e. The minimum atomic E-state index is -0.119. The lowest BCUT2D eigenvalue weighted by molar-refractivity contribution is 0.230. The van der Waals surface area contributed by atoms with E-state index < -0.39 is 0 Å². The minimum absolute atomic E-state index is 0.0145. The zero-order valence-corrected chi connectivity index (χ0v) is 13.7. The lowest BCUT2D eigenvalue weighted by Crippen LogP contribution is -2.27. The van der Waals surface area contributed by atoms with Crippen molar-refractivity contribution in [2.75, 3.05) is 26.4 Å². The third-order valence-electron chi connectivity index (χ3n) is 3.15. The van der Waals surface area contributed by atoms with Crippen molar-refractivity contribution in [2.24, 2.45) is 0 Å². The van der Waals surface area contributed by atoms with E-state index >= 15 is 0 Å². The highest BCUT2D eigenvalue weighted by molar-refractivity contribution is 8.00. The van der Waals surface area contributed by atoms with E-state index in [2.05, 4.69) is 0 Å². The van der Waals surface area contributed by atoms with Gasteiger partial charge in [-0.2, -0.15) is 0 Å². The Bertz CT molecular complexity index is 486. The number of rotatable bonds is 10. The molecule has 124 valence electrons. The zero-order chi connectivity index (χ0) is 16.3. The Kier molecular flexibility index (Phi) is 7.80. The third kappa shape index (κ3) is 6.52. The molecule has 2 unspecified atom stereocenters. The fourth-order valence-corrected chi connectivity index (χ4v) is 2.96. The standard InChI is InChI=1S/C18H22O4S/c19-11-17(13-21-15-7-3-1-4-8-15)23-18(12-20)14-22-16-9-5-2-6-10-16/h1-10,17-20H,11-14H2. The molecule has 0 aliphatic rings. The van der Waals surface area contributed by atoms with Crippen LogP contribution in [0.3, 0.4) is 0 Å². The lowest BCUT2D eigenvalue weighted by atomic mass is 10.3. The van der Waals surface area contributed by atoms with E-state index in [9.17, 15) is 10.2 Å². The molecule has 2 aromatic rings. The van der Waals surface area contributed by atoms with E-state index in [4.69, 9.17) is 9.47 Å². The molecule has 0 aliphatic heterocycles. The molecule has 23 heavy (non-hydrogen) atoms. The van der Waals surface area contributed by atoms with Crippen LogP contribution >= 0.6 is 11.8 Å². The third-order valence-corrected chi connectivity index (χ3v) is 4.49. The average molecular weight is 334 g/mol. The molecule has 5 heteroatoms. The highest BCUT2D eigenvalue weighted by Gasteiger charge is 2.17. The van der Waals surface area contributed by atoms with Crippen LogP contribution in [0.5, 0.6) is 11.5 Å². The van der Waals surface area contributed by atoms with Gasteiger partial charge in [0.1, 0.15) is 24.7 Å². The Balaban J connectivity index is 1.78. The van der Waals surface area contributed by atoms with Gasteiger partial charge in [-0.15, -0.1) is 11.8 Å². The van der Waals surface area contributed by atoms with Gasteiger partial charge in [-0.3, -0.25) is 0 Å². The number of aliphatic hydroxyl groups excluding tert-OH is 2. The molecule has 0 radical (unpaired) electrons. The van der Waals surface area contributed by atoms with Gasteiger partial charge in [0.2, 0.25) is 0 Å². The number of aliphatic hydroxyl groups is 2. The van der Waals surface area contributed by atoms with E-state index in [1.165, 1.54) is 11.8 Å². The first kappa shape index (κ1) is 17.7. The van der Waals surface area contributed by atoms with Crippen LogP contribution in [0.4, 0.5) is 0 Å². The molecule has 2 atom stereocenters. The quantitative estimate of drug-likeness (QED) is 0.699. The topological polar surface area (TPSA) is 58.9 Å². The van der Waals surface area contributed by atoms with Gasteiger partial charge in [0.25, 0.3) is 0 Å². The second kappa shape index (κ2) is 10.2. The lowest BCUT2D eigenvalue weighted by Gasteiger charge is -2.21. The Labute approximate surface area is 141 Å². The van der Waals surface area contributed by atoms with Crippen molar-refractivity contribution in [3.8, 4) is 11.5 Å². The molecule has 2 rings (SSSR count). The second-order valence-corrected chi connectivity index (χ2v) is 6.60. The molecule has 0 saturated heterocycles. The molecule has 0 bridgehead atoms. The van der Waals surface area contributed by atoms with Gasteiger partial charge in [0.15, 0.2) is 0 Å².